The molecular weight excluding hydrogens is 337 g/mol. The number of halogens is 3. The number of amides is 2. The third kappa shape index (κ3) is 2.81. The fraction of sp³-hybridized carbons (Fsp3) is 0.353. The molecule has 1 atom stereocenters. The normalized spacial score (nSPS) is 20.9. The van der Waals surface area contributed by atoms with Crippen LogP contribution in [0.5, 0.6) is 0 Å². The van der Waals surface area contributed by atoms with Crippen molar-refractivity contribution in [3.8, 4) is 0 Å². The molecule has 1 aromatic rings. The van der Waals surface area contributed by atoms with Crippen LogP contribution in [0.2, 0.25) is 0 Å². The Morgan fingerprint density at radius 2 is 1.60 bits per heavy atom. The SMILES string of the molecule is CC(=O)NC1(C(F)(F)F)C(=O)N(c2ccc(C)cc2)C(C)=C1C(C)=O. The molecule has 1 unspecified atom stereocenters. The number of hydrogen-bond acceptors (Lipinski definition) is 3. The maximum Gasteiger partial charge on any atom is 0.425 e. The van der Waals surface area contributed by atoms with Gasteiger partial charge >= 0.3 is 6.18 Å². The number of benzene rings is 1. The van der Waals surface area contributed by atoms with Crippen molar-refractivity contribution >= 4 is 23.3 Å². The predicted octanol–water partition coefficient (Wildman–Crippen LogP) is 2.64. The molecule has 1 N–H and O–H groups in total. The number of carbonyl (C=O) groups is 3. The van der Waals surface area contributed by atoms with E-state index in [1.54, 1.807) is 24.4 Å². The van der Waals surface area contributed by atoms with Crippen LogP contribution >= 0.6 is 0 Å². The van der Waals surface area contributed by atoms with Gasteiger partial charge in [0.15, 0.2) is 5.78 Å². The first-order chi connectivity index (χ1) is 11.4. The predicted molar refractivity (Wildman–Crippen MR) is 84.6 cm³/mol. The van der Waals surface area contributed by atoms with E-state index in [-0.39, 0.29) is 11.4 Å². The van der Waals surface area contributed by atoms with Crippen molar-refractivity contribution in [1.29, 1.82) is 0 Å². The maximum absolute atomic E-state index is 13.9. The van der Waals surface area contributed by atoms with Crippen LogP contribution in [0.1, 0.15) is 26.3 Å². The highest BCUT2D eigenvalue weighted by Gasteiger charge is 2.69. The van der Waals surface area contributed by atoms with E-state index in [9.17, 15) is 27.6 Å². The monoisotopic (exact) mass is 354 g/mol. The molecule has 134 valence electrons. The van der Waals surface area contributed by atoms with E-state index in [1.165, 1.54) is 19.1 Å². The molecule has 0 saturated carbocycles. The number of allylic oxidation sites excluding steroid dienone is 1. The summed E-state index contributed by atoms with van der Waals surface area (Å²) >= 11 is 0. The largest absolute Gasteiger partial charge is 0.425 e. The average Bonchev–Trinajstić information content (AvgIpc) is 2.68. The number of aryl methyl sites for hydroxylation is 1. The zero-order valence-corrected chi connectivity index (χ0v) is 14.1. The average molecular weight is 354 g/mol. The zero-order valence-electron chi connectivity index (χ0n) is 14.1. The van der Waals surface area contributed by atoms with Gasteiger partial charge in [-0.1, -0.05) is 17.7 Å². The Bertz CT molecular complexity index is 781. The Hall–Kier alpha value is -2.64. The zero-order chi connectivity index (χ0) is 19.2. The number of ketones is 1. The number of carbonyl (C=O) groups excluding carboxylic acids is 3. The number of nitrogens with one attached hydrogen (secondary N) is 1. The van der Waals surface area contributed by atoms with Crippen LogP contribution in [0, 0.1) is 6.92 Å². The second-order valence-corrected chi connectivity index (χ2v) is 5.92. The van der Waals surface area contributed by atoms with Gasteiger partial charge in [-0.2, -0.15) is 13.2 Å². The van der Waals surface area contributed by atoms with E-state index in [1.807, 2.05) is 0 Å². The lowest BCUT2D eigenvalue weighted by Crippen LogP contribution is -2.65. The first-order valence-corrected chi connectivity index (χ1v) is 7.42. The van der Waals surface area contributed by atoms with Gasteiger partial charge in [0, 0.05) is 18.3 Å². The molecule has 2 amide bonds. The Morgan fingerprint density at radius 1 is 1.08 bits per heavy atom. The quantitative estimate of drug-likeness (QED) is 0.907. The Labute approximate surface area is 142 Å². The summed E-state index contributed by atoms with van der Waals surface area (Å²) in [5.41, 5.74) is -3.29. The molecule has 1 heterocycles. The number of alkyl halides is 3. The number of rotatable bonds is 3. The molecule has 25 heavy (non-hydrogen) atoms. The molecule has 0 fully saturated rings. The van der Waals surface area contributed by atoms with Gasteiger partial charge < -0.3 is 5.32 Å². The minimum Gasteiger partial charge on any atom is -0.331 e. The summed E-state index contributed by atoms with van der Waals surface area (Å²) in [7, 11) is 0. The summed E-state index contributed by atoms with van der Waals surface area (Å²) in [5.74, 6) is -3.43. The highest BCUT2D eigenvalue weighted by atomic mass is 19.4. The minimum absolute atomic E-state index is 0.160. The van der Waals surface area contributed by atoms with Gasteiger partial charge in [0.05, 0.1) is 5.57 Å². The third-order valence-corrected chi connectivity index (χ3v) is 4.03. The molecule has 1 aliphatic heterocycles. The second-order valence-electron chi connectivity index (χ2n) is 5.92. The first kappa shape index (κ1) is 18.7. The van der Waals surface area contributed by atoms with E-state index in [0.29, 0.717) is 0 Å². The minimum atomic E-state index is -5.18. The Balaban J connectivity index is 2.77. The molecule has 1 aromatic carbocycles. The molecule has 0 radical (unpaired) electrons. The fourth-order valence-electron chi connectivity index (χ4n) is 3.05. The van der Waals surface area contributed by atoms with Crippen molar-refractivity contribution in [2.24, 2.45) is 0 Å². The molecule has 0 spiro atoms. The topological polar surface area (TPSA) is 66.5 Å². The van der Waals surface area contributed by atoms with Crippen molar-refractivity contribution in [2.75, 3.05) is 4.90 Å². The summed E-state index contributed by atoms with van der Waals surface area (Å²) in [4.78, 5) is 37.1. The van der Waals surface area contributed by atoms with Crippen LogP contribution in [0.3, 0.4) is 0 Å². The maximum atomic E-state index is 13.9. The van der Waals surface area contributed by atoms with Gasteiger partial charge in [-0.15, -0.1) is 0 Å². The van der Waals surface area contributed by atoms with E-state index in [4.69, 9.17) is 0 Å². The van der Waals surface area contributed by atoms with E-state index in [0.717, 1.165) is 24.3 Å². The number of Topliss-reactive ketones (excluding diaryl/α,β-unsaturated/α-hetero) is 1. The van der Waals surface area contributed by atoms with Gasteiger partial charge in [-0.3, -0.25) is 19.3 Å². The molecule has 8 heteroatoms. The molecule has 0 saturated heterocycles. The van der Waals surface area contributed by atoms with Crippen molar-refractivity contribution in [2.45, 2.75) is 39.4 Å². The lowest BCUT2D eigenvalue weighted by molar-refractivity contribution is -0.189. The Kier molecular flexibility index (Phi) is 4.50. The van der Waals surface area contributed by atoms with Gasteiger partial charge in [-0.25, -0.2) is 0 Å². The number of nitrogens with zero attached hydrogens (tertiary/aromatic N) is 1. The van der Waals surface area contributed by atoms with Crippen LogP contribution in [0.4, 0.5) is 18.9 Å². The Morgan fingerprint density at radius 3 is 2.00 bits per heavy atom. The highest BCUT2D eigenvalue weighted by molar-refractivity contribution is 6.19. The van der Waals surface area contributed by atoms with Gasteiger partial charge in [0.1, 0.15) is 0 Å². The van der Waals surface area contributed by atoms with E-state index < -0.39 is 34.9 Å². The third-order valence-electron chi connectivity index (χ3n) is 4.03. The molecule has 0 aromatic heterocycles. The molecule has 2 rings (SSSR count). The highest BCUT2D eigenvalue weighted by Crippen LogP contribution is 2.46. The van der Waals surface area contributed by atoms with Crippen molar-refractivity contribution in [3.05, 3.63) is 41.1 Å². The summed E-state index contributed by atoms with van der Waals surface area (Å²) in [6.45, 7) is 4.84. The number of hydrogen-bond donors (Lipinski definition) is 1. The first-order valence-electron chi connectivity index (χ1n) is 7.42. The summed E-state index contributed by atoms with van der Waals surface area (Å²) < 4.78 is 41.7. The van der Waals surface area contributed by atoms with Gasteiger partial charge in [-0.05, 0) is 32.9 Å². The van der Waals surface area contributed by atoms with Crippen molar-refractivity contribution in [1.82, 2.24) is 5.32 Å². The number of anilines is 1. The van der Waals surface area contributed by atoms with Crippen LogP contribution < -0.4 is 10.2 Å². The standard InChI is InChI=1S/C17H17F3N2O3/c1-9-5-7-13(8-6-9)22-10(2)14(11(3)23)16(15(22)25,17(18,19)20)21-12(4)24/h5-8H,1-4H3,(H,21,24). The van der Waals surface area contributed by atoms with Crippen LogP contribution in [0.25, 0.3) is 0 Å². The molecule has 1 aliphatic rings. The molecule has 0 bridgehead atoms. The lowest BCUT2D eigenvalue weighted by Gasteiger charge is -2.32. The van der Waals surface area contributed by atoms with Crippen molar-refractivity contribution < 1.29 is 27.6 Å². The fourth-order valence-corrected chi connectivity index (χ4v) is 3.05. The van der Waals surface area contributed by atoms with Crippen LogP contribution in [0.15, 0.2) is 35.5 Å². The van der Waals surface area contributed by atoms with Gasteiger partial charge in [0.2, 0.25) is 11.4 Å². The summed E-state index contributed by atoms with van der Waals surface area (Å²) in [5, 5.41) is 1.68. The van der Waals surface area contributed by atoms with Crippen LogP contribution in [-0.4, -0.2) is 29.3 Å². The second kappa shape index (κ2) is 6.02. The van der Waals surface area contributed by atoms with E-state index in [2.05, 4.69) is 0 Å². The molecule has 5 nitrogen and oxygen atoms in total. The smallest absolute Gasteiger partial charge is 0.331 e. The summed E-state index contributed by atoms with van der Waals surface area (Å²) in [6, 6.07) is 6.23. The van der Waals surface area contributed by atoms with Crippen LogP contribution in [-0.2, 0) is 14.4 Å². The molecular formula is C17H17F3N2O3. The lowest BCUT2D eigenvalue weighted by atomic mass is 9.87. The van der Waals surface area contributed by atoms with Crippen molar-refractivity contribution in [3.63, 3.8) is 0 Å². The summed E-state index contributed by atoms with van der Waals surface area (Å²) in [6.07, 6.45) is -5.18. The van der Waals surface area contributed by atoms with E-state index >= 15 is 0 Å². The molecule has 0 aliphatic carbocycles. The van der Waals surface area contributed by atoms with Gasteiger partial charge in [0.25, 0.3) is 5.91 Å².